The number of aromatic nitrogens is 2. The molecule has 0 saturated carbocycles. The van der Waals surface area contributed by atoms with Crippen molar-refractivity contribution in [2.45, 2.75) is 26.1 Å². The Morgan fingerprint density at radius 1 is 1.17 bits per heavy atom. The molecule has 0 aliphatic heterocycles. The quantitative estimate of drug-likeness (QED) is 0.751. The van der Waals surface area contributed by atoms with E-state index in [0.717, 1.165) is 16.4 Å². The molecular weight excluding hydrogens is 375 g/mol. The van der Waals surface area contributed by atoms with Gasteiger partial charge in [0, 0.05) is 23.4 Å². The highest BCUT2D eigenvalue weighted by Gasteiger charge is 2.36. The maximum Gasteiger partial charge on any atom is 0.423 e. The Balaban J connectivity index is 2.41. The molecule has 2 rings (SSSR count). The standard InChI is InChI=1S/C15H15BrF3N3O/c1-9(2)23-13-12(15(17,18)19)8-20-14(21-13)22(3)11-6-4-10(16)5-7-11/h4-9H,1-3H3. The van der Waals surface area contributed by atoms with Crippen LogP contribution in [-0.4, -0.2) is 23.1 Å². The molecule has 0 saturated heterocycles. The maximum atomic E-state index is 13.0. The summed E-state index contributed by atoms with van der Waals surface area (Å²) in [6, 6.07) is 7.24. The van der Waals surface area contributed by atoms with Crippen LogP contribution in [-0.2, 0) is 6.18 Å². The second kappa shape index (κ2) is 6.74. The minimum Gasteiger partial charge on any atom is -0.474 e. The van der Waals surface area contributed by atoms with E-state index in [1.165, 1.54) is 0 Å². The fourth-order valence-electron chi connectivity index (χ4n) is 1.81. The summed E-state index contributed by atoms with van der Waals surface area (Å²) in [7, 11) is 1.67. The third kappa shape index (κ3) is 4.34. The fourth-order valence-corrected chi connectivity index (χ4v) is 2.07. The van der Waals surface area contributed by atoms with Crippen molar-refractivity contribution in [3.63, 3.8) is 0 Å². The predicted molar refractivity (Wildman–Crippen MR) is 85.0 cm³/mol. The zero-order valence-corrected chi connectivity index (χ0v) is 14.3. The zero-order chi connectivity index (χ0) is 17.2. The number of ether oxygens (including phenoxy) is 1. The van der Waals surface area contributed by atoms with Crippen LogP contribution in [0.5, 0.6) is 5.88 Å². The molecule has 0 aliphatic carbocycles. The van der Waals surface area contributed by atoms with E-state index in [-0.39, 0.29) is 5.95 Å². The lowest BCUT2D eigenvalue weighted by Gasteiger charge is -2.20. The lowest BCUT2D eigenvalue weighted by Crippen LogP contribution is -2.18. The first-order chi connectivity index (χ1) is 10.7. The molecule has 0 aliphatic rings. The average molecular weight is 390 g/mol. The van der Waals surface area contributed by atoms with Crippen molar-refractivity contribution in [2.75, 3.05) is 11.9 Å². The Bertz CT molecular complexity index is 675. The molecular formula is C15H15BrF3N3O. The highest BCUT2D eigenvalue weighted by molar-refractivity contribution is 9.10. The normalized spacial score (nSPS) is 11.7. The number of halogens is 4. The number of benzene rings is 1. The van der Waals surface area contributed by atoms with Gasteiger partial charge in [0.15, 0.2) is 0 Å². The van der Waals surface area contributed by atoms with Crippen molar-refractivity contribution in [1.82, 2.24) is 9.97 Å². The van der Waals surface area contributed by atoms with Gasteiger partial charge >= 0.3 is 6.18 Å². The smallest absolute Gasteiger partial charge is 0.423 e. The van der Waals surface area contributed by atoms with Crippen LogP contribution in [0.25, 0.3) is 0 Å². The summed E-state index contributed by atoms with van der Waals surface area (Å²) in [5.74, 6) is -0.350. The molecule has 0 fully saturated rings. The van der Waals surface area contributed by atoms with Gasteiger partial charge in [0.2, 0.25) is 11.8 Å². The van der Waals surface area contributed by atoms with Gasteiger partial charge in [-0.2, -0.15) is 18.2 Å². The van der Waals surface area contributed by atoms with Crippen molar-refractivity contribution in [3.05, 3.63) is 40.5 Å². The molecule has 4 nitrogen and oxygen atoms in total. The summed E-state index contributed by atoms with van der Waals surface area (Å²) in [5, 5.41) is 0. The van der Waals surface area contributed by atoms with E-state index in [2.05, 4.69) is 25.9 Å². The van der Waals surface area contributed by atoms with Gasteiger partial charge in [0.1, 0.15) is 5.56 Å². The number of alkyl halides is 3. The van der Waals surface area contributed by atoms with E-state index < -0.39 is 23.7 Å². The zero-order valence-electron chi connectivity index (χ0n) is 12.7. The van der Waals surface area contributed by atoms with Gasteiger partial charge in [-0.15, -0.1) is 0 Å². The van der Waals surface area contributed by atoms with E-state index in [9.17, 15) is 13.2 Å². The second-order valence-corrected chi connectivity index (χ2v) is 6.00. The number of nitrogens with zero attached hydrogens (tertiary/aromatic N) is 3. The van der Waals surface area contributed by atoms with Crippen molar-refractivity contribution in [2.24, 2.45) is 0 Å². The Morgan fingerprint density at radius 2 is 1.78 bits per heavy atom. The molecule has 1 aromatic heterocycles. The number of hydrogen-bond acceptors (Lipinski definition) is 4. The van der Waals surface area contributed by atoms with Crippen LogP contribution < -0.4 is 9.64 Å². The first-order valence-corrected chi connectivity index (χ1v) is 7.58. The monoisotopic (exact) mass is 389 g/mol. The number of rotatable bonds is 4. The molecule has 1 heterocycles. The molecule has 0 unspecified atom stereocenters. The van der Waals surface area contributed by atoms with Crippen LogP contribution in [0.3, 0.4) is 0 Å². The van der Waals surface area contributed by atoms with Gasteiger partial charge < -0.3 is 9.64 Å². The Kier molecular flexibility index (Phi) is 5.13. The van der Waals surface area contributed by atoms with E-state index in [0.29, 0.717) is 0 Å². The van der Waals surface area contributed by atoms with Crippen LogP contribution in [0, 0.1) is 0 Å². The molecule has 0 N–H and O–H groups in total. The van der Waals surface area contributed by atoms with Crippen LogP contribution in [0.15, 0.2) is 34.9 Å². The lowest BCUT2D eigenvalue weighted by molar-refractivity contribution is -0.139. The summed E-state index contributed by atoms with van der Waals surface area (Å²) >= 11 is 3.33. The fraction of sp³-hybridized carbons (Fsp3) is 0.333. The van der Waals surface area contributed by atoms with E-state index in [1.54, 1.807) is 37.9 Å². The lowest BCUT2D eigenvalue weighted by atomic mass is 10.3. The van der Waals surface area contributed by atoms with Gasteiger partial charge in [0.25, 0.3) is 0 Å². The highest BCUT2D eigenvalue weighted by Crippen LogP contribution is 2.36. The minimum absolute atomic E-state index is 0.121. The average Bonchev–Trinajstić information content (AvgIpc) is 2.45. The summed E-state index contributed by atoms with van der Waals surface area (Å²) in [6.45, 7) is 3.28. The molecule has 0 bridgehead atoms. The first-order valence-electron chi connectivity index (χ1n) is 6.78. The Morgan fingerprint density at radius 3 is 2.30 bits per heavy atom. The molecule has 1 aromatic carbocycles. The molecule has 124 valence electrons. The van der Waals surface area contributed by atoms with E-state index >= 15 is 0 Å². The van der Waals surface area contributed by atoms with Crippen LogP contribution in [0.4, 0.5) is 24.8 Å². The number of anilines is 2. The highest BCUT2D eigenvalue weighted by atomic mass is 79.9. The van der Waals surface area contributed by atoms with Gasteiger partial charge in [0.05, 0.1) is 6.10 Å². The third-order valence-corrected chi connectivity index (χ3v) is 3.44. The third-order valence-electron chi connectivity index (χ3n) is 2.91. The summed E-state index contributed by atoms with van der Waals surface area (Å²) in [6.07, 6.45) is -4.26. The minimum atomic E-state index is -4.57. The van der Waals surface area contributed by atoms with E-state index in [4.69, 9.17) is 4.74 Å². The molecule has 8 heteroatoms. The van der Waals surface area contributed by atoms with Gasteiger partial charge in [-0.25, -0.2) is 4.98 Å². The number of hydrogen-bond donors (Lipinski definition) is 0. The van der Waals surface area contributed by atoms with E-state index in [1.807, 2.05) is 12.1 Å². The Hall–Kier alpha value is -1.83. The molecule has 23 heavy (non-hydrogen) atoms. The van der Waals surface area contributed by atoms with Crippen molar-refractivity contribution < 1.29 is 17.9 Å². The largest absolute Gasteiger partial charge is 0.474 e. The molecule has 0 amide bonds. The van der Waals surface area contributed by atoms with Crippen molar-refractivity contribution in [1.29, 1.82) is 0 Å². The summed E-state index contributed by atoms with van der Waals surface area (Å²) in [4.78, 5) is 9.34. The molecule has 2 aromatic rings. The van der Waals surface area contributed by atoms with Crippen LogP contribution in [0.1, 0.15) is 19.4 Å². The predicted octanol–water partition coefficient (Wildman–Crippen LogP) is 4.81. The Labute approximate surface area is 140 Å². The van der Waals surface area contributed by atoms with Gasteiger partial charge in [-0.3, -0.25) is 0 Å². The first kappa shape index (κ1) is 17.5. The second-order valence-electron chi connectivity index (χ2n) is 5.09. The van der Waals surface area contributed by atoms with Crippen molar-refractivity contribution >= 4 is 27.6 Å². The van der Waals surface area contributed by atoms with Crippen molar-refractivity contribution in [3.8, 4) is 5.88 Å². The van der Waals surface area contributed by atoms with Gasteiger partial charge in [-0.1, -0.05) is 15.9 Å². The molecule has 0 atom stereocenters. The summed E-state index contributed by atoms with van der Waals surface area (Å²) < 4.78 is 45.2. The molecule has 0 radical (unpaired) electrons. The topological polar surface area (TPSA) is 38.2 Å². The summed E-state index contributed by atoms with van der Waals surface area (Å²) in [5.41, 5.74) is -0.248. The SMILES string of the molecule is CC(C)Oc1nc(N(C)c2ccc(Br)cc2)ncc1C(F)(F)F. The molecule has 0 spiro atoms. The van der Waals surface area contributed by atoms with Crippen LogP contribution >= 0.6 is 15.9 Å². The van der Waals surface area contributed by atoms with Crippen LogP contribution in [0.2, 0.25) is 0 Å². The maximum absolute atomic E-state index is 13.0. The van der Waals surface area contributed by atoms with Gasteiger partial charge in [-0.05, 0) is 38.1 Å².